The molecule has 1 atom stereocenters. The first-order chi connectivity index (χ1) is 15.0. The highest BCUT2D eigenvalue weighted by atomic mass is 19.1. The van der Waals surface area contributed by atoms with Crippen LogP contribution in [0.4, 0.5) is 4.39 Å². The lowest BCUT2D eigenvalue weighted by Crippen LogP contribution is -2.29. The first kappa shape index (κ1) is 20.3. The van der Waals surface area contributed by atoms with Crippen LogP contribution in [0, 0.1) is 5.82 Å². The van der Waals surface area contributed by atoms with Crippen LogP contribution < -0.4 is 10.3 Å². The van der Waals surface area contributed by atoms with Crippen molar-refractivity contribution in [3.8, 4) is 5.75 Å². The maximum atomic E-state index is 13.0. The van der Waals surface area contributed by atoms with Gasteiger partial charge in [-0.2, -0.15) is 0 Å². The maximum Gasteiger partial charge on any atom is 0.347 e. The molecule has 0 fully saturated rings. The smallest absolute Gasteiger partial charge is 0.347 e. The van der Waals surface area contributed by atoms with E-state index in [-0.39, 0.29) is 24.5 Å². The highest BCUT2D eigenvalue weighted by Crippen LogP contribution is 2.15. The van der Waals surface area contributed by atoms with E-state index in [0.717, 1.165) is 0 Å². The molecule has 4 rings (SSSR count). The van der Waals surface area contributed by atoms with Crippen molar-refractivity contribution in [2.75, 3.05) is 0 Å². The van der Waals surface area contributed by atoms with Crippen LogP contribution in [0.2, 0.25) is 0 Å². The number of esters is 1. The van der Waals surface area contributed by atoms with Crippen LogP contribution in [0.25, 0.3) is 10.9 Å². The van der Waals surface area contributed by atoms with Crippen LogP contribution in [0.15, 0.2) is 76.1 Å². The molecular formula is C23H19FN2O5. The number of fused-ring (bicyclic) bond motifs is 1. The van der Waals surface area contributed by atoms with Gasteiger partial charge in [0.1, 0.15) is 23.9 Å². The highest BCUT2D eigenvalue weighted by Gasteiger charge is 2.19. The monoisotopic (exact) mass is 422 g/mol. The summed E-state index contributed by atoms with van der Waals surface area (Å²) >= 11 is 0. The van der Waals surface area contributed by atoms with Crippen LogP contribution in [0.3, 0.4) is 0 Å². The van der Waals surface area contributed by atoms with Crippen LogP contribution in [0.1, 0.15) is 18.5 Å². The standard InChI is InChI=1S/C23H19FN2O5/c1-15(31-17-10-8-16(24)9-11-17)23(28)30-14-21-25-20-7-3-2-6-19(20)22(27)26(21)13-18-5-4-12-29-18/h2-12,15H,13-14H2,1H3/t15-/m0/s1. The summed E-state index contributed by atoms with van der Waals surface area (Å²) in [6.45, 7) is 1.45. The first-order valence-electron chi connectivity index (χ1n) is 9.61. The third kappa shape index (κ3) is 4.63. The lowest BCUT2D eigenvalue weighted by molar-refractivity contribution is -0.152. The zero-order chi connectivity index (χ0) is 21.8. The number of para-hydroxylation sites is 1. The summed E-state index contributed by atoms with van der Waals surface area (Å²) in [5.74, 6) is 0.141. The Morgan fingerprint density at radius 1 is 1.13 bits per heavy atom. The Kier molecular flexibility index (Phi) is 5.79. The van der Waals surface area contributed by atoms with Crippen molar-refractivity contribution in [1.82, 2.24) is 9.55 Å². The fourth-order valence-electron chi connectivity index (χ4n) is 3.06. The van der Waals surface area contributed by atoms with Gasteiger partial charge in [0.25, 0.3) is 5.56 Å². The van der Waals surface area contributed by atoms with E-state index >= 15 is 0 Å². The predicted molar refractivity (Wildman–Crippen MR) is 110 cm³/mol. The van der Waals surface area contributed by atoms with Gasteiger partial charge in [-0.05, 0) is 55.5 Å². The molecule has 0 unspecified atom stereocenters. The molecule has 7 nitrogen and oxygen atoms in total. The summed E-state index contributed by atoms with van der Waals surface area (Å²) in [7, 11) is 0. The van der Waals surface area contributed by atoms with E-state index in [9.17, 15) is 14.0 Å². The lowest BCUT2D eigenvalue weighted by atomic mass is 10.2. The van der Waals surface area contributed by atoms with E-state index < -0.39 is 17.9 Å². The molecular weight excluding hydrogens is 403 g/mol. The minimum absolute atomic E-state index is 0.151. The van der Waals surface area contributed by atoms with Gasteiger partial charge < -0.3 is 13.9 Å². The number of ether oxygens (including phenoxy) is 2. The molecule has 8 heteroatoms. The van der Waals surface area contributed by atoms with E-state index in [1.165, 1.54) is 42.0 Å². The third-order valence-electron chi connectivity index (χ3n) is 4.64. The van der Waals surface area contributed by atoms with Crippen LogP contribution >= 0.6 is 0 Å². The van der Waals surface area contributed by atoms with Crippen molar-refractivity contribution in [2.24, 2.45) is 0 Å². The topological polar surface area (TPSA) is 83.6 Å². The summed E-state index contributed by atoms with van der Waals surface area (Å²) in [4.78, 5) is 29.9. The van der Waals surface area contributed by atoms with Gasteiger partial charge in [0.15, 0.2) is 11.9 Å². The number of hydrogen-bond acceptors (Lipinski definition) is 6. The van der Waals surface area contributed by atoms with E-state index in [1.54, 1.807) is 36.4 Å². The summed E-state index contributed by atoms with van der Waals surface area (Å²) < 4.78 is 30.6. The number of hydrogen-bond donors (Lipinski definition) is 0. The second kappa shape index (κ2) is 8.83. The molecule has 0 saturated heterocycles. The SMILES string of the molecule is C[C@H](Oc1ccc(F)cc1)C(=O)OCc1nc2ccccc2c(=O)n1Cc1ccco1. The van der Waals surface area contributed by atoms with E-state index in [4.69, 9.17) is 13.9 Å². The molecule has 2 aromatic heterocycles. The van der Waals surface area contributed by atoms with E-state index in [0.29, 0.717) is 22.4 Å². The molecule has 2 heterocycles. The third-order valence-corrected chi connectivity index (χ3v) is 4.64. The van der Waals surface area contributed by atoms with Crippen LogP contribution in [-0.4, -0.2) is 21.6 Å². The predicted octanol–water partition coefficient (Wildman–Crippen LogP) is 3.69. The zero-order valence-electron chi connectivity index (χ0n) is 16.7. The fourth-order valence-corrected chi connectivity index (χ4v) is 3.06. The minimum Gasteiger partial charge on any atom is -0.479 e. The fraction of sp³-hybridized carbons (Fsp3) is 0.174. The minimum atomic E-state index is -0.934. The molecule has 0 aliphatic carbocycles. The Morgan fingerprint density at radius 3 is 2.65 bits per heavy atom. The Labute approximate surface area is 176 Å². The van der Waals surface area contributed by atoms with Gasteiger partial charge >= 0.3 is 5.97 Å². The number of carbonyl (C=O) groups is 1. The van der Waals surface area contributed by atoms with Gasteiger partial charge in [-0.1, -0.05) is 12.1 Å². The summed E-state index contributed by atoms with van der Waals surface area (Å²) in [6, 6.07) is 15.7. The highest BCUT2D eigenvalue weighted by molar-refractivity contribution is 5.77. The Morgan fingerprint density at radius 2 is 1.90 bits per heavy atom. The van der Waals surface area contributed by atoms with Crippen molar-refractivity contribution in [3.05, 3.63) is 94.7 Å². The number of aromatic nitrogens is 2. The Balaban J connectivity index is 1.54. The maximum absolute atomic E-state index is 13.0. The van der Waals surface area contributed by atoms with Gasteiger partial charge in [-0.25, -0.2) is 14.2 Å². The average molecular weight is 422 g/mol. The van der Waals surface area contributed by atoms with Gasteiger partial charge in [-0.3, -0.25) is 9.36 Å². The molecule has 0 spiro atoms. The molecule has 31 heavy (non-hydrogen) atoms. The van der Waals surface area contributed by atoms with Crippen molar-refractivity contribution in [1.29, 1.82) is 0 Å². The van der Waals surface area contributed by atoms with Gasteiger partial charge in [0, 0.05) is 0 Å². The van der Waals surface area contributed by atoms with Crippen LogP contribution in [-0.2, 0) is 22.7 Å². The van der Waals surface area contributed by atoms with E-state index in [2.05, 4.69) is 4.98 Å². The molecule has 0 amide bonds. The normalized spacial score (nSPS) is 11.9. The Bertz CT molecular complexity index is 1250. The molecule has 0 saturated carbocycles. The first-order valence-corrected chi connectivity index (χ1v) is 9.61. The number of carbonyl (C=O) groups excluding carboxylic acids is 1. The molecule has 4 aromatic rings. The molecule has 0 aliphatic heterocycles. The number of benzene rings is 2. The molecule has 0 aliphatic rings. The summed E-state index contributed by atoms with van der Waals surface area (Å²) in [5, 5.41) is 0.456. The Hall–Kier alpha value is -3.94. The summed E-state index contributed by atoms with van der Waals surface area (Å²) in [5.41, 5.74) is 0.244. The molecule has 0 radical (unpaired) electrons. The van der Waals surface area contributed by atoms with Crippen LogP contribution in [0.5, 0.6) is 5.75 Å². The largest absolute Gasteiger partial charge is 0.479 e. The van der Waals surface area contributed by atoms with Gasteiger partial charge in [-0.15, -0.1) is 0 Å². The zero-order valence-corrected chi connectivity index (χ0v) is 16.7. The lowest BCUT2D eigenvalue weighted by Gasteiger charge is -2.16. The number of halogens is 1. The molecule has 0 bridgehead atoms. The summed E-state index contributed by atoms with van der Waals surface area (Å²) in [6.07, 6.45) is 0.583. The number of rotatable bonds is 7. The number of furan rings is 1. The number of nitrogens with zero attached hydrogens (tertiary/aromatic N) is 2. The average Bonchev–Trinajstić information content (AvgIpc) is 3.29. The van der Waals surface area contributed by atoms with Gasteiger partial charge in [0.05, 0.1) is 23.7 Å². The van der Waals surface area contributed by atoms with Crippen molar-refractivity contribution in [3.63, 3.8) is 0 Å². The van der Waals surface area contributed by atoms with E-state index in [1.807, 2.05) is 0 Å². The van der Waals surface area contributed by atoms with Crippen molar-refractivity contribution >= 4 is 16.9 Å². The molecule has 2 aromatic carbocycles. The second-order valence-corrected chi connectivity index (χ2v) is 6.84. The second-order valence-electron chi connectivity index (χ2n) is 6.84. The molecule has 158 valence electrons. The van der Waals surface area contributed by atoms with Crippen molar-refractivity contribution in [2.45, 2.75) is 26.2 Å². The van der Waals surface area contributed by atoms with Gasteiger partial charge in [0.2, 0.25) is 0 Å². The quantitative estimate of drug-likeness (QED) is 0.423. The van der Waals surface area contributed by atoms with Crippen molar-refractivity contribution < 1.29 is 23.1 Å². The molecule has 0 N–H and O–H groups in total.